The Kier molecular flexibility index (Phi) is 8.00. The Bertz CT molecular complexity index is 932. The molecule has 0 radical (unpaired) electrons. The molecule has 0 saturated carbocycles. The molecule has 2 aliphatic heterocycles. The number of nitrogens with one attached hydrogen (secondary N) is 1. The van der Waals surface area contributed by atoms with Gasteiger partial charge in [0.15, 0.2) is 0 Å². The van der Waals surface area contributed by atoms with Crippen molar-refractivity contribution in [1.82, 2.24) is 15.2 Å². The summed E-state index contributed by atoms with van der Waals surface area (Å²) in [6.07, 6.45) is 3.76. The fourth-order valence-electron chi connectivity index (χ4n) is 4.74. The minimum Gasteiger partial charge on any atom is -0.475 e. The van der Waals surface area contributed by atoms with Crippen LogP contribution in [0.2, 0.25) is 0 Å². The summed E-state index contributed by atoms with van der Waals surface area (Å²) < 4.78 is 18.9. The third-order valence-corrected chi connectivity index (χ3v) is 6.57. The fourth-order valence-corrected chi connectivity index (χ4v) is 4.74. The van der Waals surface area contributed by atoms with Gasteiger partial charge in [0.2, 0.25) is 11.8 Å². The van der Waals surface area contributed by atoms with Gasteiger partial charge in [-0.1, -0.05) is 0 Å². The monoisotopic (exact) mass is 470 g/mol. The highest BCUT2D eigenvalue weighted by atomic mass is 19.1. The topological polar surface area (TPSA) is 77.9 Å². The first-order valence-corrected chi connectivity index (χ1v) is 12.2. The lowest BCUT2D eigenvalue weighted by molar-refractivity contribution is -0.126. The maximum atomic E-state index is 13.3. The number of anilines is 1. The highest BCUT2D eigenvalue weighted by Crippen LogP contribution is 2.26. The molecule has 7 nitrogen and oxygen atoms in total. The predicted molar refractivity (Wildman–Crippen MR) is 129 cm³/mol. The van der Waals surface area contributed by atoms with Gasteiger partial charge in [-0.3, -0.25) is 4.79 Å². The number of benzene rings is 1. The number of rotatable bonds is 9. The fraction of sp³-hybridized carbons (Fsp3) is 0.538. The summed E-state index contributed by atoms with van der Waals surface area (Å²) in [5.74, 6) is 0.00560. The number of carbonyl (C=O) groups excluding carboxylic acids is 1. The molecule has 2 fully saturated rings. The van der Waals surface area contributed by atoms with Gasteiger partial charge in [-0.05, 0) is 76.5 Å². The van der Waals surface area contributed by atoms with Crippen molar-refractivity contribution in [3.8, 4) is 5.88 Å². The summed E-state index contributed by atoms with van der Waals surface area (Å²) in [6, 6.07) is 9.50. The molecule has 184 valence electrons. The number of pyridine rings is 1. The number of halogens is 1. The summed E-state index contributed by atoms with van der Waals surface area (Å²) in [5.41, 5.74) is 1.57. The zero-order valence-corrected chi connectivity index (χ0v) is 20.0. The van der Waals surface area contributed by atoms with Gasteiger partial charge in [0.05, 0.1) is 18.1 Å². The van der Waals surface area contributed by atoms with Crippen LogP contribution in [0.3, 0.4) is 0 Å². The summed E-state index contributed by atoms with van der Waals surface area (Å²) in [6.45, 7) is 7.72. The van der Waals surface area contributed by atoms with E-state index < -0.39 is 12.1 Å². The molecule has 34 heavy (non-hydrogen) atoms. The normalized spacial score (nSPS) is 20.5. The molecule has 3 heterocycles. The highest BCUT2D eigenvalue weighted by molar-refractivity contribution is 5.80. The van der Waals surface area contributed by atoms with Gasteiger partial charge in [-0.25, -0.2) is 9.37 Å². The smallest absolute Gasteiger partial charge is 0.225 e. The summed E-state index contributed by atoms with van der Waals surface area (Å²) >= 11 is 0. The second kappa shape index (κ2) is 11.1. The molecule has 0 spiro atoms. The van der Waals surface area contributed by atoms with Gasteiger partial charge < -0.3 is 25.0 Å². The van der Waals surface area contributed by atoms with Crippen LogP contribution in [0, 0.1) is 11.7 Å². The molecule has 2 aromatic rings. The molecule has 0 aliphatic carbocycles. The SMILES string of the molecule is CC(C)Oc1ccc([C@@H](O)[C@@H](CN2CCCC2)NC(=O)C2CCN(c3ccc(F)cc3)C2)cn1. The molecular formula is C26H35FN4O3. The first kappa shape index (κ1) is 24.4. The average molecular weight is 471 g/mol. The van der Waals surface area contributed by atoms with E-state index in [-0.39, 0.29) is 23.7 Å². The Balaban J connectivity index is 1.42. The Morgan fingerprint density at radius 3 is 2.56 bits per heavy atom. The van der Waals surface area contributed by atoms with E-state index in [1.54, 1.807) is 24.4 Å². The quantitative estimate of drug-likeness (QED) is 0.586. The van der Waals surface area contributed by atoms with Crippen molar-refractivity contribution in [2.75, 3.05) is 37.6 Å². The molecule has 1 aromatic carbocycles. The van der Waals surface area contributed by atoms with E-state index in [0.29, 0.717) is 24.5 Å². The number of likely N-dealkylation sites (tertiary alicyclic amines) is 1. The molecule has 3 atom stereocenters. The molecule has 4 rings (SSSR count). The van der Waals surface area contributed by atoms with Crippen LogP contribution in [0.15, 0.2) is 42.6 Å². The maximum absolute atomic E-state index is 13.3. The van der Waals surface area contributed by atoms with Crippen molar-refractivity contribution in [1.29, 1.82) is 0 Å². The van der Waals surface area contributed by atoms with E-state index in [4.69, 9.17) is 4.74 Å². The van der Waals surface area contributed by atoms with Crippen LogP contribution in [0.1, 0.15) is 44.8 Å². The largest absolute Gasteiger partial charge is 0.475 e. The molecule has 2 N–H and O–H groups in total. The van der Waals surface area contributed by atoms with Gasteiger partial charge >= 0.3 is 0 Å². The van der Waals surface area contributed by atoms with Gasteiger partial charge in [0.25, 0.3) is 0 Å². The van der Waals surface area contributed by atoms with Gasteiger partial charge in [-0.2, -0.15) is 0 Å². The Hall–Kier alpha value is -2.71. The maximum Gasteiger partial charge on any atom is 0.225 e. The Morgan fingerprint density at radius 1 is 1.18 bits per heavy atom. The van der Waals surface area contributed by atoms with Gasteiger partial charge in [0, 0.05) is 43.1 Å². The zero-order chi connectivity index (χ0) is 24.1. The van der Waals surface area contributed by atoms with E-state index in [1.165, 1.54) is 12.1 Å². The minimum absolute atomic E-state index is 0.0198. The highest BCUT2D eigenvalue weighted by Gasteiger charge is 2.33. The molecule has 2 aliphatic rings. The van der Waals surface area contributed by atoms with Crippen LogP contribution in [0.5, 0.6) is 5.88 Å². The number of aromatic nitrogens is 1. The predicted octanol–water partition coefficient (Wildman–Crippen LogP) is 3.15. The van der Waals surface area contributed by atoms with E-state index in [1.807, 2.05) is 19.9 Å². The van der Waals surface area contributed by atoms with Crippen molar-refractivity contribution in [3.05, 3.63) is 54.0 Å². The number of nitrogens with zero attached hydrogens (tertiary/aromatic N) is 3. The Morgan fingerprint density at radius 2 is 1.91 bits per heavy atom. The summed E-state index contributed by atoms with van der Waals surface area (Å²) in [5, 5.41) is 14.3. The van der Waals surface area contributed by atoms with E-state index in [9.17, 15) is 14.3 Å². The zero-order valence-electron chi connectivity index (χ0n) is 20.0. The third kappa shape index (κ3) is 6.24. The van der Waals surface area contributed by atoms with Crippen LogP contribution < -0.4 is 15.0 Å². The molecule has 1 aromatic heterocycles. The van der Waals surface area contributed by atoms with Crippen molar-refractivity contribution in [2.45, 2.75) is 51.4 Å². The van der Waals surface area contributed by atoms with Crippen LogP contribution in [0.25, 0.3) is 0 Å². The Labute approximate surface area is 200 Å². The van der Waals surface area contributed by atoms with E-state index in [2.05, 4.69) is 20.1 Å². The molecule has 1 amide bonds. The summed E-state index contributed by atoms with van der Waals surface area (Å²) in [4.78, 5) is 21.9. The van der Waals surface area contributed by atoms with Crippen molar-refractivity contribution in [3.63, 3.8) is 0 Å². The van der Waals surface area contributed by atoms with Crippen LogP contribution >= 0.6 is 0 Å². The number of amides is 1. The number of hydrogen-bond donors (Lipinski definition) is 2. The van der Waals surface area contributed by atoms with Gasteiger partial charge in [-0.15, -0.1) is 0 Å². The second-order valence-electron chi connectivity index (χ2n) is 9.57. The molecule has 2 saturated heterocycles. The van der Waals surface area contributed by atoms with Crippen molar-refractivity contribution < 1.29 is 19.0 Å². The van der Waals surface area contributed by atoms with Crippen LogP contribution in [0.4, 0.5) is 10.1 Å². The first-order valence-electron chi connectivity index (χ1n) is 12.2. The molecule has 8 heteroatoms. The van der Waals surface area contributed by atoms with Crippen LogP contribution in [-0.4, -0.2) is 65.8 Å². The lowest BCUT2D eigenvalue weighted by Gasteiger charge is -2.29. The van der Waals surface area contributed by atoms with Crippen molar-refractivity contribution >= 4 is 11.6 Å². The molecule has 1 unspecified atom stereocenters. The minimum atomic E-state index is -0.875. The van der Waals surface area contributed by atoms with Crippen molar-refractivity contribution in [2.24, 2.45) is 5.92 Å². The lowest BCUT2D eigenvalue weighted by Crippen LogP contribution is -2.48. The standard InChI is InChI=1S/C26H35FN4O3/c1-18(2)34-24-10-5-19(15-28-24)25(32)23(17-30-12-3-4-13-30)29-26(33)20-11-14-31(16-20)22-8-6-21(27)7-9-22/h5-10,15,18,20,23,25,32H,3-4,11-14,16-17H2,1-2H3,(H,29,33)/t20?,23-,25-/m1/s1. The second-order valence-corrected chi connectivity index (χ2v) is 9.57. The molecular weight excluding hydrogens is 435 g/mol. The molecule has 0 bridgehead atoms. The summed E-state index contributed by atoms with van der Waals surface area (Å²) in [7, 11) is 0. The van der Waals surface area contributed by atoms with Crippen LogP contribution in [-0.2, 0) is 4.79 Å². The van der Waals surface area contributed by atoms with E-state index >= 15 is 0 Å². The first-order chi connectivity index (χ1) is 16.4. The van der Waals surface area contributed by atoms with E-state index in [0.717, 1.165) is 44.6 Å². The number of ether oxygens (including phenoxy) is 1. The number of carbonyl (C=O) groups is 1. The number of hydrogen-bond acceptors (Lipinski definition) is 6. The third-order valence-electron chi connectivity index (χ3n) is 6.57. The number of aliphatic hydroxyl groups is 1. The number of aliphatic hydroxyl groups excluding tert-OH is 1. The lowest BCUT2D eigenvalue weighted by atomic mass is 10.0. The van der Waals surface area contributed by atoms with Gasteiger partial charge in [0.1, 0.15) is 11.9 Å². The average Bonchev–Trinajstić information content (AvgIpc) is 3.51.